The summed E-state index contributed by atoms with van der Waals surface area (Å²) in [6.07, 6.45) is 2.58. The standard InChI is InChI=1S/C14H11N5S2/c1-2-8-6-20-14-12(8)13(15-7-16-14)17-9-3-4-10-11(5-9)21-19-18-10/h3-7H,2H2,1H3,(H,15,16,17). The lowest BCUT2D eigenvalue weighted by Gasteiger charge is -2.07. The molecule has 4 rings (SSSR count). The third-order valence-electron chi connectivity index (χ3n) is 3.34. The predicted molar refractivity (Wildman–Crippen MR) is 87.5 cm³/mol. The number of anilines is 2. The van der Waals surface area contributed by atoms with Crippen LogP contribution >= 0.6 is 22.9 Å². The first kappa shape index (κ1) is 12.6. The van der Waals surface area contributed by atoms with Gasteiger partial charge in [0.15, 0.2) is 0 Å². The Hall–Kier alpha value is -2.12. The number of aryl methyl sites for hydroxylation is 1. The summed E-state index contributed by atoms with van der Waals surface area (Å²) in [5.74, 6) is 0.856. The molecule has 0 aliphatic heterocycles. The van der Waals surface area contributed by atoms with E-state index >= 15 is 0 Å². The van der Waals surface area contributed by atoms with Gasteiger partial charge in [0.1, 0.15) is 22.5 Å². The molecule has 0 radical (unpaired) electrons. The number of nitrogens with one attached hydrogen (secondary N) is 1. The molecule has 21 heavy (non-hydrogen) atoms. The minimum absolute atomic E-state index is 0.856. The van der Waals surface area contributed by atoms with E-state index in [1.165, 1.54) is 17.1 Å². The number of benzene rings is 1. The lowest BCUT2D eigenvalue weighted by Crippen LogP contribution is -1.95. The summed E-state index contributed by atoms with van der Waals surface area (Å²) in [6.45, 7) is 2.15. The normalized spacial score (nSPS) is 11.3. The molecule has 3 heterocycles. The maximum Gasteiger partial charge on any atom is 0.142 e. The Morgan fingerprint density at radius 3 is 3.10 bits per heavy atom. The Kier molecular flexibility index (Phi) is 3.01. The number of nitrogens with zero attached hydrogens (tertiary/aromatic N) is 4. The van der Waals surface area contributed by atoms with Crippen molar-refractivity contribution in [3.63, 3.8) is 0 Å². The van der Waals surface area contributed by atoms with Crippen LogP contribution in [0.1, 0.15) is 12.5 Å². The van der Waals surface area contributed by atoms with E-state index in [1.54, 1.807) is 17.7 Å². The van der Waals surface area contributed by atoms with E-state index in [2.05, 4.69) is 37.2 Å². The molecule has 104 valence electrons. The second-order valence-corrected chi connectivity index (χ2v) is 6.24. The summed E-state index contributed by atoms with van der Waals surface area (Å²) in [5, 5.41) is 10.7. The molecule has 0 atom stereocenters. The minimum Gasteiger partial charge on any atom is -0.340 e. The number of hydrogen-bond donors (Lipinski definition) is 1. The lowest BCUT2D eigenvalue weighted by atomic mass is 10.2. The van der Waals surface area contributed by atoms with Crippen LogP contribution in [-0.4, -0.2) is 19.6 Å². The van der Waals surface area contributed by atoms with Gasteiger partial charge >= 0.3 is 0 Å². The topological polar surface area (TPSA) is 63.6 Å². The third-order valence-corrected chi connectivity index (χ3v) is 4.96. The van der Waals surface area contributed by atoms with Gasteiger partial charge in [-0.3, -0.25) is 0 Å². The minimum atomic E-state index is 0.856. The summed E-state index contributed by atoms with van der Waals surface area (Å²) in [5.41, 5.74) is 3.18. The Bertz CT molecular complexity index is 927. The van der Waals surface area contributed by atoms with E-state index in [9.17, 15) is 0 Å². The molecule has 0 unspecified atom stereocenters. The van der Waals surface area contributed by atoms with Crippen molar-refractivity contribution in [1.82, 2.24) is 19.6 Å². The quantitative estimate of drug-likeness (QED) is 0.619. The van der Waals surface area contributed by atoms with Crippen LogP contribution in [0.4, 0.5) is 11.5 Å². The second-order valence-electron chi connectivity index (χ2n) is 4.60. The van der Waals surface area contributed by atoms with Crippen molar-refractivity contribution < 1.29 is 0 Å². The average Bonchev–Trinajstić information content (AvgIpc) is 3.13. The monoisotopic (exact) mass is 313 g/mol. The van der Waals surface area contributed by atoms with E-state index in [0.29, 0.717) is 0 Å². The van der Waals surface area contributed by atoms with Crippen LogP contribution in [0, 0.1) is 0 Å². The molecular weight excluding hydrogens is 302 g/mol. The molecule has 0 spiro atoms. The van der Waals surface area contributed by atoms with Gasteiger partial charge in [-0.15, -0.1) is 16.4 Å². The van der Waals surface area contributed by atoms with Crippen LogP contribution in [0.3, 0.4) is 0 Å². The Balaban J connectivity index is 1.81. The first-order valence-electron chi connectivity index (χ1n) is 6.55. The fourth-order valence-corrected chi connectivity index (χ4v) is 3.87. The molecule has 0 fully saturated rings. The van der Waals surface area contributed by atoms with Crippen molar-refractivity contribution in [1.29, 1.82) is 0 Å². The zero-order chi connectivity index (χ0) is 14.2. The van der Waals surface area contributed by atoms with Gasteiger partial charge in [0.25, 0.3) is 0 Å². The molecule has 1 aromatic carbocycles. The van der Waals surface area contributed by atoms with Crippen molar-refractivity contribution >= 4 is 54.8 Å². The maximum atomic E-state index is 4.41. The Labute approximate surface area is 128 Å². The fourth-order valence-electron chi connectivity index (χ4n) is 2.28. The van der Waals surface area contributed by atoms with E-state index in [-0.39, 0.29) is 0 Å². The molecule has 5 nitrogen and oxygen atoms in total. The van der Waals surface area contributed by atoms with Gasteiger partial charge in [-0.1, -0.05) is 11.4 Å². The van der Waals surface area contributed by atoms with Crippen LogP contribution in [0.15, 0.2) is 29.9 Å². The summed E-state index contributed by atoms with van der Waals surface area (Å²) in [6, 6.07) is 6.01. The van der Waals surface area contributed by atoms with Crippen LogP contribution < -0.4 is 5.32 Å². The highest BCUT2D eigenvalue weighted by molar-refractivity contribution is 7.17. The average molecular weight is 313 g/mol. The molecule has 0 aliphatic carbocycles. The molecule has 0 aliphatic rings. The summed E-state index contributed by atoms with van der Waals surface area (Å²) in [4.78, 5) is 9.77. The van der Waals surface area contributed by atoms with Crippen molar-refractivity contribution in [2.45, 2.75) is 13.3 Å². The second kappa shape index (κ2) is 5.01. The van der Waals surface area contributed by atoms with Crippen molar-refractivity contribution in [3.8, 4) is 0 Å². The van der Waals surface area contributed by atoms with E-state index in [4.69, 9.17) is 0 Å². The lowest BCUT2D eigenvalue weighted by molar-refractivity contribution is 1.16. The van der Waals surface area contributed by atoms with Gasteiger partial charge in [-0.2, -0.15) is 0 Å². The van der Waals surface area contributed by atoms with Gasteiger partial charge in [0.2, 0.25) is 0 Å². The largest absolute Gasteiger partial charge is 0.340 e. The SMILES string of the molecule is CCc1csc2ncnc(Nc3ccc4nnsc4c3)c12. The molecule has 4 aromatic rings. The fraction of sp³-hybridized carbons (Fsp3) is 0.143. The van der Waals surface area contributed by atoms with E-state index in [1.807, 2.05) is 18.2 Å². The molecule has 0 bridgehead atoms. The zero-order valence-corrected chi connectivity index (χ0v) is 12.8. The first-order chi connectivity index (χ1) is 10.3. The Morgan fingerprint density at radius 2 is 2.19 bits per heavy atom. The van der Waals surface area contributed by atoms with Crippen LogP contribution in [0.2, 0.25) is 0 Å². The van der Waals surface area contributed by atoms with Crippen LogP contribution in [0.25, 0.3) is 20.4 Å². The summed E-state index contributed by atoms with van der Waals surface area (Å²) >= 11 is 3.05. The maximum absolute atomic E-state index is 4.41. The van der Waals surface area contributed by atoms with Gasteiger partial charge in [-0.05, 0) is 47.1 Å². The Morgan fingerprint density at radius 1 is 1.24 bits per heavy atom. The molecule has 0 saturated heterocycles. The van der Waals surface area contributed by atoms with Gasteiger partial charge < -0.3 is 5.32 Å². The van der Waals surface area contributed by atoms with Gasteiger partial charge in [0, 0.05) is 5.69 Å². The zero-order valence-electron chi connectivity index (χ0n) is 11.2. The van der Waals surface area contributed by atoms with Crippen molar-refractivity contribution in [3.05, 3.63) is 35.5 Å². The number of hydrogen-bond acceptors (Lipinski definition) is 7. The third kappa shape index (κ3) is 2.14. The molecule has 0 amide bonds. The van der Waals surface area contributed by atoms with Crippen molar-refractivity contribution in [2.24, 2.45) is 0 Å². The molecule has 7 heteroatoms. The summed E-state index contributed by atoms with van der Waals surface area (Å²) < 4.78 is 5.02. The highest BCUT2D eigenvalue weighted by Crippen LogP contribution is 2.31. The molecular formula is C14H11N5S2. The van der Waals surface area contributed by atoms with E-state index in [0.717, 1.165) is 38.4 Å². The highest BCUT2D eigenvalue weighted by atomic mass is 32.1. The number of fused-ring (bicyclic) bond motifs is 2. The van der Waals surface area contributed by atoms with Crippen LogP contribution in [-0.2, 0) is 6.42 Å². The molecule has 1 N–H and O–H groups in total. The van der Waals surface area contributed by atoms with Crippen LogP contribution in [0.5, 0.6) is 0 Å². The number of thiophene rings is 1. The van der Waals surface area contributed by atoms with E-state index < -0.39 is 0 Å². The van der Waals surface area contributed by atoms with Crippen molar-refractivity contribution in [2.75, 3.05) is 5.32 Å². The number of aromatic nitrogens is 4. The van der Waals surface area contributed by atoms with Gasteiger partial charge in [-0.25, -0.2) is 9.97 Å². The molecule has 3 aromatic heterocycles. The van der Waals surface area contributed by atoms with Gasteiger partial charge in [0.05, 0.1) is 10.1 Å². The predicted octanol–water partition coefficient (Wildman–Crippen LogP) is 4.00. The number of rotatable bonds is 3. The molecule has 0 saturated carbocycles. The first-order valence-corrected chi connectivity index (χ1v) is 8.20. The summed E-state index contributed by atoms with van der Waals surface area (Å²) in [7, 11) is 0. The highest BCUT2D eigenvalue weighted by Gasteiger charge is 2.11. The smallest absolute Gasteiger partial charge is 0.142 e.